The first kappa shape index (κ1) is 33.2. The molecular weight excluding hydrogens is 416 g/mol. The monoisotopic (exact) mass is 478 g/mol. The molecule has 0 N–H and O–H groups in total. The summed E-state index contributed by atoms with van der Waals surface area (Å²) in [4.78, 5) is 11.3. The molecule has 0 aliphatic rings. The summed E-state index contributed by atoms with van der Waals surface area (Å²) in [6.07, 6.45) is 33.6. The van der Waals surface area contributed by atoms with E-state index in [0.717, 1.165) is 12.3 Å². The van der Waals surface area contributed by atoms with Crippen LogP contribution < -0.4 is 0 Å². The highest BCUT2D eigenvalue weighted by atomic mass is 16.5. The van der Waals surface area contributed by atoms with Crippen LogP contribution in [0.5, 0.6) is 0 Å². The van der Waals surface area contributed by atoms with Crippen molar-refractivity contribution >= 4 is 5.97 Å². The van der Waals surface area contributed by atoms with Crippen LogP contribution >= 0.6 is 0 Å². The number of unbranched alkanes of at least 4 members (excludes halogenated alkanes) is 22. The van der Waals surface area contributed by atoms with Crippen molar-refractivity contribution < 1.29 is 9.53 Å². The van der Waals surface area contributed by atoms with E-state index in [0.29, 0.717) is 12.2 Å². The van der Waals surface area contributed by atoms with Gasteiger partial charge < -0.3 is 4.74 Å². The van der Waals surface area contributed by atoms with Crippen molar-refractivity contribution in [3.8, 4) is 0 Å². The SMILES string of the molecule is C=C(C)C(=O)OCCCCCCCCCCCCCCCCCCCCCCCCCC(C)C. The van der Waals surface area contributed by atoms with Gasteiger partial charge in [-0.05, 0) is 19.3 Å². The first-order valence-corrected chi connectivity index (χ1v) is 15.4. The molecule has 0 spiro atoms. The van der Waals surface area contributed by atoms with Crippen molar-refractivity contribution in [3.05, 3.63) is 12.2 Å². The predicted octanol–water partition coefficient (Wildman–Crippen LogP) is 11.1. The maximum absolute atomic E-state index is 11.3. The second-order valence-corrected chi connectivity index (χ2v) is 11.2. The number of hydrogen-bond acceptors (Lipinski definition) is 2. The van der Waals surface area contributed by atoms with Gasteiger partial charge in [-0.2, -0.15) is 0 Å². The summed E-state index contributed by atoms with van der Waals surface area (Å²) in [5.74, 6) is 0.635. The molecule has 0 fully saturated rings. The summed E-state index contributed by atoms with van der Waals surface area (Å²) in [6, 6.07) is 0. The minimum atomic E-state index is -0.251. The number of carbonyl (C=O) groups excluding carboxylic acids is 1. The predicted molar refractivity (Wildman–Crippen MR) is 151 cm³/mol. The van der Waals surface area contributed by atoms with Crippen LogP contribution in [0.1, 0.15) is 175 Å². The summed E-state index contributed by atoms with van der Waals surface area (Å²) < 4.78 is 5.12. The summed E-state index contributed by atoms with van der Waals surface area (Å²) >= 11 is 0. The molecule has 0 aliphatic carbocycles. The largest absolute Gasteiger partial charge is 0.462 e. The third-order valence-corrected chi connectivity index (χ3v) is 7.01. The van der Waals surface area contributed by atoms with Crippen molar-refractivity contribution in [3.63, 3.8) is 0 Å². The van der Waals surface area contributed by atoms with Gasteiger partial charge in [0.25, 0.3) is 0 Å². The first-order valence-electron chi connectivity index (χ1n) is 15.4. The minimum Gasteiger partial charge on any atom is -0.462 e. The van der Waals surface area contributed by atoms with Gasteiger partial charge >= 0.3 is 5.97 Å². The molecule has 0 aliphatic heterocycles. The summed E-state index contributed by atoms with van der Waals surface area (Å²) in [5.41, 5.74) is 0.495. The quantitative estimate of drug-likeness (QED) is 0.0666. The van der Waals surface area contributed by atoms with Gasteiger partial charge in [0.2, 0.25) is 0 Å². The van der Waals surface area contributed by atoms with Crippen LogP contribution in [0.4, 0.5) is 0 Å². The molecule has 0 aromatic heterocycles. The second-order valence-electron chi connectivity index (χ2n) is 11.2. The van der Waals surface area contributed by atoms with Gasteiger partial charge in [-0.25, -0.2) is 4.79 Å². The Morgan fingerprint density at radius 2 is 0.794 bits per heavy atom. The minimum absolute atomic E-state index is 0.251. The van der Waals surface area contributed by atoms with Crippen LogP contribution in [0.2, 0.25) is 0 Å². The Hall–Kier alpha value is -0.790. The molecule has 0 saturated heterocycles. The Bertz CT molecular complexity index is 440. The molecule has 202 valence electrons. The standard InChI is InChI=1S/C32H62O2/c1-30(2)28-26-24-22-20-18-16-14-12-10-8-6-5-7-9-11-13-15-17-19-21-23-25-27-29-34-32(33)31(3)4/h30H,3,5-29H2,1-2,4H3. The van der Waals surface area contributed by atoms with E-state index in [1.807, 2.05) is 0 Å². The number of hydrogen-bond donors (Lipinski definition) is 0. The van der Waals surface area contributed by atoms with Crippen molar-refractivity contribution in [1.29, 1.82) is 0 Å². The first-order chi connectivity index (χ1) is 16.5. The zero-order valence-corrected chi connectivity index (χ0v) is 23.8. The van der Waals surface area contributed by atoms with Gasteiger partial charge in [0, 0.05) is 5.57 Å². The van der Waals surface area contributed by atoms with E-state index in [9.17, 15) is 4.79 Å². The number of rotatable bonds is 27. The third kappa shape index (κ3) is 27.5. The second kappa shape index (κ2) is 26.8. The van der Waals surface area contributed by atoms with Crippen molar-refractivity contribution in [2.45, 2.75) is 175 Å². The molecule has 2 nitrogen and oxygen atoms in total. The average Bonchev–Trinajstić information content (AvgIpc) is 2.80. The lowest BCUT2D eigenvalue weighted by Gasteiger charge is -2.05. The van der Waals surface area contributed by atoms with Crippen molar-refractivity contribution in [2.75, 3.05) is 6.61 Å². The van der Waals surface area contributed by atoms with Gasteiger partial charge in [0.05, 0.1) is 6.61 Å². The normalized spacial score (nSPS) is 11.3. The molecule has 0 radical (unpaired) electrons. The Morgan fingerprint density at radius 1 is 0.529 bits per heavy atom. The van der Waals surface area contributed by atoms with E-state index in [2.05, 4.69) is 20.4 Å². The fourth-order valence-electron chi connectivity index (χ4n) is 4.66. The zero-order chi connectivity index (χ0) is 25.1. The van der Waals surface area contributed by atoms with Gasteiger partial charge in [-0.3, -0.25) is 0 Å². The van der Waals surface area contributed by atoms with Gasteiger partial charge in [-0.15, -0.1) is 0 Å². The fraction of sp³-hybridized carbons (Fsp3) is 0.906. The van der Waals surface area contributed by atoms with Crippen LogP contribution in [-0.2, 0) is 9.53 Å². The van der Waals surface area contributed by atoms with Gasteiger partial charge in [0.1, 0.15) is 0 Å². The van der Waals surface area contributed by atoms with Gasteiger partial charge in [-0.1, -0.05) is 168 Å². The topological polar surface area (TPSA) is 26.3 Å². The van der Waals surface area contributed by atoms with E-state index >= 15 is 0 Å². The molecule has 0 aromatic rings. The molecule has 0 saturated carbocycles. The lowest BCUT2D eigenvalue weighted by molar-refractivity contribution is -0.139. The maximum atomic E-state index is 11.3. The summed E-state index contributed by atoms with van der Waals surface area (Å²) in [7, 11) is 0. The van der Waals surface area contributed by atoms with E-state index in [-0.39, 0.29) is 5.97 Å². The Kier molecular flexibility index (Phi) is 26.2. The zero-order valence-electron chi connectivity index (χ0n) is 23.8. The molecule has 0 amide bonds. The Morgan fingerprint density at radius 3 is 1.06 bits per heavy atom. The molecule has 0 bridgehead atoms. The van der Waals surface area contributed by atoms with E-state index in [4.69, 9.17) is 4.74 Å². The Labute approximate surface area is 215 Å². The molecule has 0 aromatic carbocycles. The maximum Gasteiger partial charge on any atom is 0.333 e. The summed E-state index contributed by atoms with van der Waals surface area (Å²) in [5, 5.41) is 0. The van der Waals surface area contributed by atoms with E-state index in [1.54, 1.807) is 6.92 Å². The highest BCUT2D eigenvalue weighted by molar-refractivity contribution is 5.86. The molecule has 0 unspecified atom stereocenters. The van der Waals surface area contributed by atoms with Crippen LogP contribution in [-0.4, -0.2) is 12.6 Å². The lowest BCUT2D eigenvalue weighted by atomic mass is 10.0. The van der Waals surface area contributed by atoms with Crippen LogP contribution in [0.25, 0.3) is 0 Å². The van der Waals surface area contributed by atoms with Crippen LogP contribution in [0.3, 0.4) is 0 Å². The number of esters is 1. The third-order valence-electron chi connectivity index (χ3n) is 7.01. The molecule has 0 atom stereocenters. The summed E-state index contributed by atoms with van der Waals surface area (Å²) in [6.45, 7) is 10.5. The van der Waals surface area contributed by atoms with Crippen molar-refractivity contribution in [1.82, 2.24) is 0 Å². The fourth-order valence-corrected chi connectivity index (χ4v) is 4.66. The highest BCUT2D eigenvalue weighted by Gasteiger charge is 2.02. The number of ether oxygens (including phenoxy) is 1. The molecule has 2 heteroatoms. The van der Waals surface area contributed by atoms with E-state index < -0.39 is 0 Å². The van der Waals surface area contributed by atoms with Crippen molar-refractivity contribution in [2.24, 2.45) is 5.92 Å². The molecule has 0 rings (SSSR count). The van der Waals surface area contributed by atoms with Gasteiger partial charge in [0.15, 0.2) is 0 Å². The van der Waals surface area contributed by atoms with Crippen LogP contribution in [0, 0.1) is 5.92 Å². The highest BCUT2D eigenvalue weighted by Crippen LogP contribution is 2.16. The molecule has 34 heavy (non-hydrogen) atoms. The lowest BCUT2D eigenvalue weighted by Crippen LogP contribution is -2.05. The van der Waals surface area contributed by atoms with Crippen LogP contribution in [0.15, 0.2) is 12.2 Å². The molecule has 0 heterocycles. The van der Waals surface area contributed by atoms with E-state index in [1.165, 1.54) is 148 Å². The number of carbonyl (C=O) groups is 1. The molecular formula is C32H62O2. The average molecular weight is 479 g/mol. The Balaban J connectivity index is 3.06. The smallest absolute Gasteiger partial charge is 0.333 e.